The van der Waals surface area contributed by atoms with Crippen LogP contribution in [0.25, 0.3) is 0 Å². The molecule has 0 fully saturated rings. The standard InChI is InChI=1S/C14H11BrINO/c15-11-3-1-10(2-4-11)14(18)9-17-13-7-5-12(16)6-8-13/h1-8,17H,9H2. The summed E-state index contributed by atoms with van der Waals surface area (Å²) in [5.74, 6) is 0.0843. The van der Waals surface area contributed by atoms with Gasteiger partial charge in [0, 0.05) is 19.3 Å². The van der Waals surface area contributed by atoms with Crippen LogP contribution in [0, 0.1) is 3.57 Å². The molecule has 1 N–H and O–H groups in total. The van der Waals surface area contributed by atoms with Crippen LogP contribution in [0.1, 0.15) is 10.4 Å². The van der Waals surface area contributed by atoms with Gasteiger partial charge in [0.2, 0.25) is 0 Å². The Morgan fingerprint density at radius 1 is 1.06 bits per heavy atom. The van der Waals surface area contributed by atoms with Crippen LogP contribution < -0.4 is 5.32 Å². The maximum Gasteiger partial charge on any atom is 0.181 e. The second-order valence-corrected chi connectivity index (χ2v) is 5.95. The van der Waals surface area contributed by atoms with Crippen LogP contribution in [0.5, 0.6) is 0 Å². The van der Waals surface area contributed by atoms with Crippen LogP contribution in [-0.2, 0) is 0 Å². The van der Waals surface area contributed by atoms with Crippen molar-refractivity contribution in [3.05, 3.63) is 62.1 Å². The quantitative estimate of drug-likeness (QED) is 0.594. The minimum atomic E-state index is 0.0843. The normalized spacial score (nSPS) is 10.1. The number of halogens is 2. The second-order valence-electron chi connectivity index (χ2n) is 3.79. The van der Waals surface area contributed by atoms with Gasteiger partial charge in [0.25, 0.3) is 0 Å². The number of benzene rings is 2. The van der Waals surface area contributed by atoms with E-state index in [1.807, 2.05) is 48.5 Å². The number of anilines is 1. The lowest BCUT2D eigenvalue weighted by Crippen LogP contribution is -2.13. The summed E-state index contributed by atoms with van der Waals surface area (Å²) in [7, 11) is 0. The zero-order chi connectivity index (χ0) is 13.0. The molecule has 2 aromatic rings. The van der Waals surface area contributed by atoms with Gasteiger partial charge in [-0.25, -0.2) is 0 Å². The molecule has 4 heteroatoms. The SMILES string of the molecule is O=C(CNc1ccc(I)cc1)c1ccc(Br)cc1. The molecule has 2 rings (SSSR count). The highest BCUT2D eigenvalue weighted by Gasteiger charge is 2.04. The van der Waals surface area contributed by atoms with Gasteiger partial charge in [-0.3, -0.25) is 4.79 Å². The Hall–Kier alpha value is -0.880. The van der Waals surface area contributed by atoms with Gasteiger partial charge in [0.05, 0.1) is 6.54 Å². The number of hydrogen-bond acceptors (Lipinski definition) is 2. The van der Waals surface area contributed by atoms with E-state index < -0.39 is 0 Å². The molecule has 0 aliphatic carbocycles. The van der Waals surface area contributed by atoms with E-state index in [2.05, 4.69) is 43.8 Å². The van der Waals surface area contributed by atoms with Crippen molar-refractivity contribution in [2.75, 3.05) is 11.9 Å². The third kappa shape index (κ3) is 3.81. The van der Waals surface area contributed by atoms with Crippen molar-refractivity contribution in [3.8, 4) is 0 Å². The fourth-order valence-electron chi connectivity index (χ4n) is 1.49. The molecule has 0 aliphatic rings. The highest BCUT2D eigenvalue weighted by molar-refractivity contribution is 14.1. The molecule has 0 heterocycles. The summed E-state index contributed by atoms with van der Waals surface area (Å²) < 4.78 is 2.15. The van der Waals surface area contributed by atoms with E-state index in [0.29, 0.717) is 6.54 Å². The summed E-state index contributed by atoms with van der Waals surface area (Å²) in [5.41, 5.74) is 1.68. The van der Waals surface area contributed by atoms with Crippen molar-refractivity contribution in [1.29, 1.82) is 0 Å². The first-order valence-corrected chi connectivity index (χ1v) is 7.30. The van der Waals surface area contributed by atoms with Gasteiger partial charge in [-0.1, -0.05) is 28.1 Å². The highest BCUT2D eigenvalue weighted by Crippen LogP contribution is 2.13. The molecule has 0 aromatic heterocycles. The molecule has 0 unspecified atom stereocenters. The predicted octanol–water partition coefficient (Wildman–Crippen LogP) is 4.35. The lowest BCUT2D eigenvalue weighted by atomic mass is 10.1. The Labute approximate surface area is 128 Å². The number of nitrogens with one attached hydrogen (secondary N) is 1. The lowest BCUT2D eigenvalue weighted by molar-refractivity contribution is 0.101. The number of carbonyl (C=O) groups is 1. The molecular formula is C14H11BrINO. The van der Waals surface area contributed by atoms with Crippen LogP contribution in [0.4, 0.5) is 5.69 Å². The molecule has 0 radical (unpaired) electrons. The first-order chi connectivity index (χ1) is 8.65. The molecule has 2 aromatic carbocycles. The molecule has 0 atom stereocenters. The monoisotopic (exact) mass is 415 g/mol. The van der Waals surface area contributed by atoms with Gasteiger partial charge in [0.15, 0.2) is 5.78 Å². The topological polar surface area (TPSA) is 29.1 Å². The average molecular weight is 416 g/mol. The summed E-state index contributed by atoms with van der Waals surface area (Å²) >= 11 is 5.60. The summed E-state index contributed by atoms with van der Waals surface area (Å²) in [6.07, 6.45) is 0. The van der Waals surface area contributed by atoms with Gasteiger partial charge < -0.3 is 5.32 Å². The van der Waals surface area contributed by atoms with Crippen molar-refractivity contribution < 1.29 is 4.79 Å². The molecule has 18 heavy (non-hydrogen) atoms. The Morgan fingerprint density at radius 2 is 1.67 bits per heavy atom. The van der Waals surface area contributed by atoms with Crippen molar-refractivity contribution in [1.82, 2.24) is 0 Å². The van der Waals surface area contributed by atoms with Crippen LogP contribution in [0.15, 0.2) is 53.0 Å². The third-order valence-electron chi connectivity index (χ3n) is 2.46. The van der Waals surface area contributed by atoms with E-state index >= 15 is 0 Å². The van der Waals surface area contributed by atoms with Crippen molar-refractivity contribution in [3.63, 3.8) is 0 Å². The third-order valence-corrected chi connectivity index (χ3v) is 3.71. The summed E-state index contributed by atoms with van der Waals surface area (Å²) in [6, 6.07) is 15.3. The first kappa shape index (κ1) is 13.5. The summed E-state index contributed by atoms with van der Waals surface area (Å²) in [4.78, 5) is 11.9. The van der Waals surface area contributed by atoms with Crippen LogP contribution in [0.3, 0.4) is 0 Å². The van der Waals surface area contributed by atoms with Gasteiger partial charge in [-0.05, 0) is 59.0 Å². The van der Waals surface area contributed by atoms with Crippen molar-refractivity contribution in [2.24, 2.45) is 0 Å². The molecule has 0 spiro atoms. The van der Waals surface area contributed by atoms with E-state index in [1.54, 1.807) is 0 Å². The summed E-state index contributed by atoms with van der Waals surface area (Å²) in [6.45, 7) is 0.308. The maximum atomic E-state index is 11.9. The average Bonchev–Trinajstić information content (AvgIpc) is 2.38. The molecule has 0 aliphatic heterocycles. The van der Waals surface area contributed by atoms with Crippen LogP contribution in [0.2, 0.25) is 0 Å². The van der Waals surface area contributed by atoms with Gasteiger partial charge in [-0.15, -0.1) is 0 Å². The molecule has 2 nitrogen and oxygen atoms in total. The highest BCUT2D eigenvalue weighted by atomic mass is 127. The number of rotatable bonds is 4. The van der Waals surface area contributed by atoms with E-state index in [4.69, 9.17) is 0 Å². The molecule has 0 saturated carbocycles. The van der Waals surface area contributed by atoms with Crippen LogP contribution in [-0.4, -0.2) is 12.3 Å². The maximum absolute atomic E-state index is 11.9. The summed E-state index contributed by atoms with van der Waals surface area (Å²) in [5, 5.41) is 3.12. The van der Waals surface area contributed by atoms with Gasteiger partial charge >= 0.3 is 0 Å². The van der Waals surface area contributed by atoms with Crippen molar-refractivity contribution in [2.45, 2.75) is 0 Å². The fourth-order valence-corrected chi connectivity index (χ4v) is 2.11. The zero-order valence-corrected chi connectivity index (χ0v) is 13.2. The second kappa shape index (κ2) is 6.33. The molecule has 0 bridgehead atoms. The van der Waals surface area contributed by atoms with E-state index in [0.717, 1.165) is 15.7 Å². The number of Topliss-reactive ketones (excluding diaryl/α,β-unsaturated/α-hetero) is 1. The zero-order valence-electron chi connectivity index (χ0n) is 9.49. The number of hydrogen-bond donors (Lipinski definition) is 1. The van der Waals surface area contributed by atoms with Crippen molar-refractivity contribution >= 4 is 50.0 Å². The fraction of sp³-hybridized carbons (Fsp3) is 0.0714. The van der Waals surface area contributed by atoms with Gasteiger partial charge in [0.1, 0.15) is 0 Å². The first-order valence-electron chi connectivity index (χ1n) is 5.43. The molecule has 0 amide bonds. The minimum Gasteiger partial charge on any atom is -0.378 e. The Kier molecular flexibility index (Phi) is 4.77. The van der Waals surface area contributed by atoms with E-state index in [1.165, 1.54) is 3.57 Å². The Balaban J connectivity index is 1.96. The smallest absolute Gasteiger partial charge is 0.181 e. The molecule has 92 valence electrons. The minimum absolute atomic E-state index is 0.0843. The van der Waals surface area contributed by atoms with E-state index in [-0.39, 0.29) is 5.78 Å². The lowest BCUT2D eigenvalue weighted by Gasteiger charge is -2.06. The Bertz CT molecular complexity index is 537. The number of ketones is 1. The largest absolute Gasteiger partial charge is 0.378 e. The molecular weight excluding hydrogens is 405 g/mol. The number of carbonyl (C=O) groups excluding carboxylic acids is 1. The van der Waals surface area contributed by atoms with Crippen LogP contribution >= 0.6 is 38.5 Å². The van der Waals surface area contributed by atoms with E-state index in [9.17, 15) is 4.79 Å². The van der Waals surface area contributed by atoms with Gasteiger partial charge in [-0.2, -0.15) is 0 Å². The molecule has 0 saturated heterocycles. The predicted molar refractivity (Wildman–Crippen MR) is 86.1 cm³/mol. The Morgan fingerprint density at radius 3 is 2.28 bits per heavy atom.